The number of hydrogen-bond acceptors (Lipinski definition) is 7. The Labute approximate surface area is 199 Å². The maximum atomic E-state index is 13.2. The van der Waals surface area contributed by atoms with E-state index in [0.29, 0.717) is 34.3 Å². The fourth-order valence-corrected chi connectivity index (χ4v) is 4.49. The number of imidazole rings is 1. The van der Waals surface area contributed by atoms with Crippen LogP contribution in [0, 0.1) is 6.92 Å². The molecular formula is C24H21N7O2S. The first-order chi connectivity index (χ1) is 16.6. The Morgan fingerprint density at radius 1 is 1.12 bits per heavy atom. The number of aromatic nitrogens is 6. The molecule has 0 saturated carbocycles. The van der Waals surface area contributed by atoms with Crippen LogP contribution in [-0.2, 0) is 5.75 Å². The van der Waals surface area contributed by atoms with Crippen LogP contribution in [0.15, 0.2) is 71.9 Å². The molecule has 170 valence electrons. The first-order valence-corrected chi connectivity index (χ1v) is 11.5. The number of carbonyl (C=O) groups excluding carboxylic acids is 1. The van der Waals surface area contributed by atoms with Gasteiger partial charge in [-0.05, 0) is 59.3 Å². The van der Waals surface area contributed by atoms with E-state index in [4.69, 9.17) is 4.74 Å². The second-order valence-electron chi connectivity index (χ2n) is 7.48. The molecule has 0 spiro atoms. The van der Waals surface area contributed by atoms with E-state index in [2.05, 4.69) is 30.8 Å². The number of rotatable bonds is 7. The van der Waals surface area contributed by atoms with Gasteiger partial charge in [0, 0.05) is 17.0 Å². The number of nitrogens with zero attached hydrogens (tertiary/aromatic N) is 5. The molecular weight excluding hydrogens is 450 g/mol. The Balaban J connectivity index is 1.36. The number of benzene rings is 3. The van der Waals surface area contributed by atoms with E-state index in [1.807, 2.05) is 48.5 Å². The van der Waals surface area contributed by atoms with Gasteiger partial charge in [0.1, 0.15) is 11.4 Å². The van der Waals surface area contributed by atoms with E-state index in [-0.39, 0.29) is 5.91 Å². The number of para-hydroxylation sites is 2. The van der Waals surface area contributed by atoms with Crippen molar-refractivity contribution in [3.05, 3.63) is 83.7 Å². The lowest BCUT2D eigenvalue weighted by Crippen LogP contribution is -2.14. The fourth-order valence-electron chi connectivity index (χ4n) is 3.60. The van der Waals surface area contributed by atoms with Gasteiger partial charge in [-0.2, -0.15) is 4.68 Å². The van der Waals surface area contributed by atoms with Crippen LogP contribution in [0.5, 0.6) is 5.75 Å². The molecule has 2 aromatic heterocycles. The summed E-state index contributed by atoms with van der Waals surface area (Å²) in [5.41, 5.74) is 4.66. The minimum absolute atomic E-state index is 0.203. The topological polar surface area (TPSA) is 111 Å². The Hall–Kier alpha value is -4.18. The Morgan fingerprint density at radius 3 is 2.74 bits per heavy atom. The molecule has 0 atom stereocenters. The molecule has 2 heterocycles. The number of tetrazole rings is 1. The van der Waals surface area contributed by atoms with Gasteiger partial charge in [-0.15, -0.1) is 5.10 Å². The summed E-state index contributed by atoms with van der Waals surface area (Å²) in [7, 11) is 1.58. The number of nitrogens with one attached hydrogen (secondary N) is 2. The van der Waals surface area contributed by atoms with E-state index in [9.17, 15) is 4.79 Å². The summed E-state index contributed by atoms with van der Waals surface area (Å²) in [6.07, 6.45) is 0. The number of ether oxygens (including phenoxy) is 1. The van der Waals surface area contributed by atoms with Crippen molar-refractivity contribution in [2.45, 2.75) is 17.8 Å². The number of methoxy groups -OCH3 is 1. The van der Waals surface area contributed by atoms with Crippen LogP contribution in [-0.4, -0.2) is 43.2 Å². The third-order valence-electron chi connectivity index (χ3n) is 5.28. The van der Waals surface area contributed by atoms with Crippen LogP contribution in [0.1, 0.15) is 21.7 Å². The second-order valence-corrected chi connectivity index (χ2v) is 8.45. The van der Waals surface area contributed by atoms with Gasteiger partial charge in [0.2, 0.25) is 0 Å². The summed E-state index contributed by atoms with van der Waals surface area (Å²) >= 11 is 1.56. The SMILES string of the molecule is COc1ccc(NC(=O)c2ccccc2CSc2nc3ccccc3[nH]2)cc1-n1nnnc1C. The van der Waals surface area contributed by atoms with Gasteiger partial charge in [0.05, 0.1) is 18.1 Å². The lowest BCUT2D eigenvalue weighted by molar-refractivity contribution is 0.102. The van der Waals surface area contributed by atoms with E-state index >= 15 is 0 Å². The molecule has 34 heavy (non-hydrogen) atoms. The van der Waals surface area contributed by atoms with Crippen LogP contribution in [0.4, 0.5) is 5.69 Å². The summed E-state index contributed by atoms with van der Waals surface area (Å²) in [5, 5.41) is 15.4. The van der Waals surface area contributed by atoms with Crippen molar-refractivity contribution in [2.75, 3.05) is 12.4 Å². The molecule has 5 aromatic rings. The van der Waals surface area contributed by atoms with Crippen LogP contribution in [0.3, 0.4) is 0 Å². The zero-order valence-corrected chi connectivity index (χ0v) is 19.3. The van der Waals surface area contributed by atoms with E-state index in [1.54, 1.807) is 48.7 Å². The first kappa shape index (κ1) is 21.7. The largest absolute Gasteiger partial charge is 0.494 e. The van der Waals surface area contributed by atoms with Gasteiger partial charge < -0.3 is 15.0 Å². The average molecular weight is 472 g/mol. The average Bonchev–Trinajstić information content (AvgIpc) is 3.48. The summed E-state index contributed by atoms with van der Waals surface area (Å²) in [5.74, 6) is 1.59. The molecule has 0 radical (unpaired) electrons. The fraction of sp³-hybridized carbons (Fsp3) is 0.125. The molecule has 0 aliphatic heterocycles. The van der Waals surface area contributed by atoms with Gasteiger partial charge in [-0.3, -0.25) is 4.79 Å². The Kier molecular flexibility index (Phi) is 5.96. The van der Waals surface area contributed by atoms with Crippen molar-refractivity contribution in [1.82, 2.24) is 30.2 Å². The number of aromatic amines is 1. The molecule has 2 N–H and O–H groups in total. The molecule has 9 nitrogen and oxygen atoms in total. The Morgan fingerprint density at radius 2 is 1.94 bits per heavy atom. The normalized spacial score (nSPS) is 11.0. The highest BCUT2D eigenvalue weighted by Crippen LogP contribution is 2.28. The number of aryl methyl sites for hydroxylation is 1. The van der Waals surface area contributed by atoms with Gasteiger partial charge in [-0.1, -0.05) is 42.1 Å². The lowest BCUT2D eigenvalue weighted by atomic mass is 10.1. The molecule has 0 bridgehead atoms. The highest BCUT2D eigenvalue weighted by molar-refractivity contribution is 7.98. The van der Waals surface area contributed by atoms with E-state index in [1.165, 1.54) is 0 Å². The predicted octanol–water partition coefficient (Wildman–Crippen LogP) is 4.40. The molecule has 0 aliphatic carbocycles. The lowest BCUT2D eigenvalue weighted by Gasteiger charge is -2.13. The minimum atomic E-state index is -0.203. The number of amides is 1. The number of thioether (sulfide) groups is 1. The van der Waals surface area contributed by atoms with Gasteiger partial charge in [0.25, 0.3) is 5.91 Å². The van der Waals surface area contributed by atoms with Crippen molar-refractivity contribution in [1.29, 1.82) is 0 Å². The van der Waals surface area contributed by atoms with Crippen LogP contribution in [0.25, 0.3) is 16.7 Å². The summed E-state index contributed by atoms with van der Waals surface area (Å²) in [6, 6.07) is 20.8. The maximum Gasteiger partial charge on any atom is 0.255 e. The highest BCUT2D eigenvalue weighted by atomic mass is 32.2. The third kappa shape index (κ3) is 4.35. The van der Waals surface area contributed by atoms with Crippen LogP contribution in [0.2, 0.25) is 0 Å². The van der Waals surface area contributed by atoms with Crippen molar-refractivity contribution in [2.24, 2.45) is 0 Å². The zero-order valence-electron chi connectivity index (χ0n) is 18.5. The van der Waals surface area contributed by atoms with Crippen molar-refractivity contribution in [3.63, 3.8) is 0 Å². The van der Waals surface area contributed by atoms with Crippen molar-refractivity contribution < 1.29 is 9.53 Å². The quantitative estimate of drug-likeness (QED) is 0.339. The smallest absolute Gasteiger partial charge is 0.255 e. The maximum absolute atomic E-state index is 13.2. The molecule has 10 heteroatoms. The first-order valence-electron chi connectivity index (χ1n) is 10.5. The highest BCUT2D eigenvalue weighted by Gasteiger charge is 2.15. The summed E-state index contributed by atoms with van der Waals surface area (Å²) in [6.45, 7) is 1.79. The molecule has 3 aromatic carbocycles. The number of fused-ring (bicyclic) bond motifs is 1. The number of anilines is 1. The summed E-state index contributed by atoms with van der Waals surface area (Å²) < 4.78 is 7.00. The minimum Gasteiger partial charge on any atom is -0.494 e. The summed E-state index contributed by atoms with van der Waals surface area (Å²) in [4.78, 5) is 21.1. The standard InChI is InChI=1S/C24H21N7O2S/c1-15-28-29-30-31(15)21-13-17(11-12-22(21)33-2)25-23(32)18-8-4-3-7-16(18)14-34-24-26-19-9-5-6-10-20(19)27-24/h3-13H,14H2,1-2H3,(H,25,32)(H,26,27). The van der Waals surface area contributed by atoms with E-state index in [0.717, 1.165) is 21.8 Å². The molecule has 0 saturated heterocycles. The molecule has 5 rings (SSSR count). The zero-order chi connectivity index (χ0) is 23.5. The van der Waals surface area contributed by atoms with Gasteiger partial charge in [0.15, 0.2) is 11.0 Å². The van der Waals surface area contributed by atoms with Gasteiger partial charge >= 0.3 is 0 Å². The monoisotopic (exact) mass is 471 g/mol. The number of hydrogen-bond donors (Lipinski definition) is 2. The second kappa shape index (κ2) is 9.36. The molecule has 0 unspecified atom stereocenters. The van der Waals surface area contributed by atoms with Crippen molar-refractivity contribution in [3.8, 4) is 11.4 Å². The number of carbonyl (C=O) groups is 1. The van der Waals surface area contributed by atoms with Gasteiger partial charge in [-0.25, -0.2) is 4.98 Å². The van der Waals surface area contributed by atoms with Crippen LogP contribution < -0.4 is 10.1 Å². The third-order valence-corrected chi connectivity index (χ3v) is 6.21. The number of H-pyrrole nitrogens is 1. The van der Waals surface area contributed by atoms with Crippen molar-refractivity contribution >= 4 is 34.4 Å². The molecule has 0 aliphatic rings. The van der Waals surface area contributed by atoms with E-state index < -0.39 is 0 Å². The Bertz CT molecular complexity index is 1440. The molecule has 1 amide bonds. The van der Waals surface area contributed by atoms with Crippen LogP contribution >= 0.6 is 11.8 Å². The predicted molar refractivity (Wildman–Crippen MR) is 130 cm³/mol. The molecule has 0 fully saturated rings.